The van der Waals surface area contributed by atoms with Crippen LogP contribution in [-0.2, 0) is 0 Å². The number of halogens is 2. The number of rotatable bonds is 4. The molecule has 1 fully saturated rings. The minimum Gasteiger partial charge on any atom is -0.363 e. The zero-order valence-corrected chi connectivity index (χ0v) is 17.5. The number of nitrogens with zero attached hydrogens (tertiary/aromatic N) is 4. The van der Waals surface area contributed by atoms with Crippen LogP contribution in [0.3, 0.4) is 0 Å². The fraction of sp³-hybridized carbons (Fsp3) is 0.400. The maximum absolute atomic E-state index is 14.5. The SMILES string of the molecule is CN(C)C(=O)NC1CCCC[C@@H]1Nc1nc(-c2c[nH]c3ncc(Cl)cc23)ncc1F. The summed E-state index contributed by atoms with van der Waals surface area (Å²) < 4.78 is 14.5. The molecule has 158 valence electrons. The summed E-state index contributed by atoms with van der Waals surface area (Å²) in [5.41, 5.74) is 1.33. The highest BCUT2D eigenvalue weighted by Gasteiger charge is 2.28. The van der Waals surface area contributed by atoms with Crippen LogP contribution in [0.25, 0.3) is 22.4 Å². The highest BCUT2D eigenvalue weighted by Crippen LogP contribution is 2.29. The van der Waals surface area contributed by atoms with E-state index in [-0.39, 0.29) is 23.9 Å². The van der Waals surface area contributed by atoms with Crippen molar-refractivity contribution in [2.75, 3.05) is 19.4 Å². The average Bonchev–Trinajstić information content (AvgIpc) is 3.14. The zero-order valence-electron chi connectivity index (χ0n) is 16.7. The second-order valence-electron chi connectivity index (χ2n) is 7.63. The smallest absolute Gasteiger partial charge is 0.317 e. The number of urea groups is 1. The highest BCUT2D eigenvalue weighted by molar-refractivity contribution is 6.31. The summed E-state index contributed by atoms with van der Waals surface area (Å²) in [6.07, 6.45) is 8.07. The van der Waals surface area contributed by atoms with Crippen molar-refractivity contribution in [1.82, 2.24) is 30.2 Å². The van der Waals surface area contributed by atoms with Crippen LogP contribution in [0.4, 0.5) is 15.0 Å². The zero-order chi connectivity index (χ0) is 21.3. The van der Waals surface area contributed by atoms with Gasteiger partial charge in [-0.05, 0) is 18.9 Å². The number of aromatic amines is 1. The van der Waals surface area contributed by atoms with Gasteiger partial charge in [-0.3, -0.25) is 0 Å². The molecule has 1 aliphatic carbocycles. The summed E-state index contributed by atoms with van der Waals surface area (Å²) in [6, 6.07) is 1.37. The van der Waals surface area contributed by atoms with Gasteiger partial charge in [-0.15, -0.1) is 0 Å². The second-order valence-corrected chi connectivity index (χ2v) is 8.06. The topological polar surface area (TPSA) is 98.8 Å². The lowest BCUT2D eigenvalue weighted by Gasteiger charge is -2.33. The van der Waals surface area contributed by atoms with Gasteiger partial charge in [0.1, 0.15) is 5.65 Å². The first-order valence-corrected chi connectivity index (χ1v) is 10.2. The Bertz CT molecular complexity index is 1070. The first-order chi connectivity index (χ1) is 14.4. The monoisotopic (exact) mass is 431 g/mol. The Morgan fingerprint density at radius 1 is 1.23 bits per heavy atom. The molecule has 0 aromatic carbocycles. The van der Waals surface area contributed by atoms with Crippen LogP contribution in [0, 0.1) is 5.82 Å². The van der Waals surface area contributed by atoms with Crippen molar-refractivity contribution < 1.29 is 9.18 Å². The van der Waals surface area contributed by atoms with Crippen molar-refractivity contribution in [1.29, 1.82) is 0 Å². The molecular formula is C20H23ClFN7O. The van der Waals surface area contributed by atoms with E-state index in [0.717, 1.165) is 37.3 Å². The molecule has 0 bridgehead atoms. The molecule has 1 aliphatic rings. The first-order valence-electron chi connectivity index (χ1n) is 9.82. The number of nitrogens with one attached hydrogen (secondary N) is 3. The predicted molar refractivity (Wildman–Crippen MR) is 114 cm³/mol. The number of amides is 2. The predicted octanol–water partition coefficient (Wildman–Crippen LogP) is 3.81. The minimum absolute atomic E-state index is 0.109. The van der Waals surface area contributed by atoms with Crippen molar-refractivity contribution >= 4 is 34.5 Å². The Balaban J connectivity index is 1.61. The molecule has 1 saturated carbocycles. The van der Waals surface area contributed by atoms with Crippen LogP contribution in [0.2, 0.25) is 5.02 Å². The normalized spacial score (nSPS) is 18.9. The molecule has 0 spiro atoms. The lowest BCUT2D eigenvalue weighted by atomic mass is 9.90. The maximum atomic E-state index is 14.5. The molecule has 0 saturated heterocycles. The first kappa shape index (κ1) is 20.3. The standard InChI is InChI=1S/C20H23ClFN7O/c1-29(2)20(30)27-16-6-4-3-5-15(16)26-19-14(22)10-25-18(28-19)13-9-24-17-12(13)7-11(21)8-23-17/h7-10,15-16H,3-6H2,1-2H3,(H,23,24)(H,27,30)(H,25,26,28)/t15-,16?/m0/s1. The fourth-order valence-corrected chi connectivity index (χ4v) is 3.86. The molecule has 1 unspecified atom stereocenters. The number of fused-ring (bicyclic) bond motifs is 1. The molecule has 4 rings (SSSR count). The fourth-order valence-electron chi connectivity index (χ4n) is 3.70. The number of pyridine rings is 1. The number of anilines is 1. The van der Waals surface area contributed by atoms with E-state index < -0.39 is 5.82 Å². The molecule has 10 heteroatoms. The van der Waals surface area contributed by atoms with Gasteiger partial charge in [0.05, 0.1) is 17.3 Å². The molecule has 0 aliphatic heterocycles. The Morgan fingerprint density at radius 3 is 2.77 bits per heavy atom. The molecule has 3 N–H and O–H groups in total. The number of carbonyl (C=O) groups is 1. The van der Waals surface area contributed by atoms with Crippen LogP contribution in [0.5, 0.6) is 0 Å². The van der Waals surface area contributed by atoms with Crippen LogP contribution < -0.4 is 10.6 Å². The quantitative estimate of drug-likeness (QED) is 0.583. The molecule has 8 nitrogen and oxygen atoms in total. The third-order valence-corrected chi connectivity index (χ3v) is 5.49. The number of hydrogen-bond donors (Lipinski definition) is 3. The molecule has 3 aromatic rings. The maximum Gasteiger partial charge on any atom is 0.317 e. The number of hydrogen-bond acceptors (Lipinski definition) is 5. The van der Waals surface area contributed by atoms with E-state index in [1.54, 1.807) is 32.6 Å². The summed E-state index contributed by atoms with van der Waals surface area (Å²) in [4.78, 5) is 29.5. The number of H-pyrrole nitrogens is 1. The number of carbonyl (C=O) groups excluding carboxylic acids is 1. The molecule has 2 amide bonds. The summed E-state index contributed by atoms with van der Waals surface area (Å²) in [5, 5.41) is 7.45. The summed E-state index contributed by atoms with van der Waals surface area (Å²) in [7, 11) is 3.39. The van der Waals surface area contributed by atoms with Crippen molar-refractivity contribution in [3.8, 4) is 11.4 Å². The lowest BCUT2D eigenvalue weighted by Crippen LogP contribution is -2.51. The largest absolute Gasteiger partial charge is 0.363 e. The van der Waals surface area contributed by atoms with Crippen LogP contribution in [0.1, 0.15) is 25.7 Å². The van der Waals surface area contributed by atoms with E-state index >= 15 is 0 Å². The average molecular weight is 432 g/mol. The number of aromatic nitrogens is 4. The van der Waals surface area contributed by atoms with Crippen molar-refractivity contribution in [3.05, 3.63) is 35.5 Å². The van der Waals surface area contributed by atoms with E-state index in [0.29, 0.717) is 22.1 Å². The van der Waals surface area contributed by atoms with E-state index in [2.05, 4.69) is 30.6 Å². The van der Waals surface area contributed by atoms with Gasteiger partial charge in [0.25, 0.3) is 0 Å². The van der Waals surface area contributed by atoms with Gasteiger partial charge < -0.3 is 20.5 Å². The van der Waals surface area contributed by atoms with Crippen molar-refractivity contribution in [3.63, 3.8) is 0 Å². The third kappa shape index (κ3) is 4.16. The van der Waals surface area contributed by atoms with Gasteiger partial charge in [0.15, 0.2) is 17.5 Å². The van der Waals surface area contributed by atoms with E-state index in [1.807, 2.05) is 0 Å². The van der Waals surface area contributed by atoms with Crippen molar-refractivity contribution in [2.24, 2.45) is 0 Å². The van der Waals surface area contributed by atoms with Gasteiger partial charge in [0.2, 0.25) is 0 Å². The summed E-state index contributed by atoms with van der Waals surface area (Å²) in [5.74, 6) is -0.0720. The van der Waals surface area contributed by atoms with Crippen LogP contribution >= 0.6 is 11.6 Å². The Morgan fingerprint density at radius 2 is 2.00 bits per heavy atom. The Kier molecular flexibility index (Phi) is 5.72. The summed E-state index contributed by atoms with van der Waals surface area (Å²) >= 11 is 6.07. The van der Waals surface area contributed by atoms with Gasteiger partial charge >= 0.3 is 6.03 Å². The van der Waals surface area contributed by atoms with E-state index in [1.165, 1.54) is 4.90 Å². The summed E-state index contributed by atoms with van der Waals surface area (Å²) in [6.45, 7) is 0. The lowest BCUT2D eigenvalue weighted by molar-refractivity contribution is 0.207. The minimum atomic E-state index is -0.544. The third-order valence-electron chi connectivity index (χ3n) is 5.29. The molecule has 0 radical (unpaired) electrons. The van der Waals surface area contributed by atoms with Crippen LogP contribution in [0.15, 0.2) is 24.7 Å². The van der Waals surface area contributed by atoms with Gasteiger partial charge in [0, 0.05) is 43.5 Å². The van der Waals surface area contributed by atoms with Crippen LogP contribution in [-0.4, -0.2) is 57.0 Å². The Labute approximate surface area is 178 Å². The van der Waals surface area contributed by atoms with Gasteiger partial charge in [-0.2, -0.15) is 0 Å². The second kappa shape index (κ2) is 8.43. The van der Waals surface area contributed by atoms with Crippen molar-refractivity contribution in [2.45, 2.75) is 37.8 Å². The molecule has 3 heterocycles. The molecular weight excluding hydrogens is 409 g/mol. The molecule has 3 aromatic heterocycles. The molecule has 30 heavy (non-hydrogen) atoms. The van der Waals surface area contributed by atoms with E-state index in [9.17, 15) is 9.18 Å². The highest BCUT2D eigenvalue weighted by atomic mass is 35.5. The molecule has 2 atom stereocenters. The van der Waals surface area contributed by atoms with E-state index in [4.69, 9.17) is 11.6 Å². The van der Waals surface area contributed by atoms with Gasteiger partial charge in [-0.25, -0.2) is 24.1 Å². The van der Waals surface area contributed by atoms with Gasteiger partial charge in [-0.1, -0.05) is 24.4 Å². The Hall–Kier alpha value is -2.94.